The van der Waals surface area contributed by atoms with E-state index >= 15 is 0 Å². The van der Waals surface area contributed by atoms with Gasteiger partial charge in [0, 0.05) is 12.5 Å². The van der Waals surface area contributed by atoms with Gasteiger partial charge in [-0.15, -0.1) is 0 Å². The summed E-state index contributed by atoms with van der Waals surface area (Å²) in [6.07, 6.45) is 0.405. The fraction of sp³-hybridized carbons (Fsp3) is 0.500. The number of hydrogen-bond donors (Lipinski definition) is 2. The molecule has 0 bridgehead atoms. The Morgan fingerprint density at radius 3 is 2.48 bits per heavy atom. The summed E-state index contributed by atoms with van der Waals surface area (Å²) in [6.45, 7) is 0. The van der Waals surface area contributed by atoms with Crippen LogP contribution in [0.1, 0.15) is 24.4 Å². The summed E-state index contributed by atoms with van der Waals surface area (Å²) in [5.74, 6) is 0.938. The molecule has 0 saturated carbocycles. The monoisotopic (exact) mass is 389 g/mol. The molecule has 0 aliphatic carbocycles. The third-order valence-corrected chi connectivity index (χ3v) is 4.60. The van der Waals surface area contributed by atoms with Gasteiger partial charge in [-0.3, -0.25) is 10.0 Å². The number of ether oxygens (including phenoxy) is 3. The third kappa shape index (κ3) is 3.37. The van der Waals surface area contributed by atoms with E-state index in [0.717, 1.165) is 0 Å². The molecule has 1 fully saturated rings. The van der Waals surface area contributed by atoms with Crippen molar-refractivity contribution < 1.29 is 24.2 Å². The normalized spacial score (nSPS) is 21.1. The van der Waals surface area contributed by atoms with Crippen molar-refractivity contribution >= 4 is 21.8 Å². The zero-order chi connectivity index (χ0) is 17.1. The van der Waals surface area contributed by atoms with E-state index < -0.39 is 12.1 Å². The minimum Gasteiger partial charge on any atom is -0.762 e. The average molecular weight is 390 g/mol. The molecule has 1 aromatic rings. The van der Waals surface area contributed by atoms with E-state index in [1.54, 1.807) is 6.07 Å². The topological polar surface area (TPSA) is 103 Å². The summed E-state index contributed by atoms with van der Waals surface area (Å²) in [7, 11) is 4.41. The van der Waals surface area contributed by atoms with E-state index in [1.807, 2.05) is 0 Å². The van der Waals surface area contributed by atoms with Gasteiger partial charge in [-0.1, -0.05) is 0 Å². The number of hydroxylamine groups is 2. The zero-order valence-electron chi connectivity index (χ0n) is 13.0. The van der Waals surface area contributed by atoms with E-state index in [0.29, 0.717) is 27.3 Å². The Kier molecular flexibility index (Phi) is 5.69. The second kappa shape index (κ2) is 7.35. The van der Waals surface area contributed by atoms with Gasteiger partial charge in [-0.2, -0.15) is 0 Å². The molecule has 1 aliphatic rings. The molecule has 1 amide bonds. The maximum atomic E-state index is 11.7. The molecule has 1 heterocycles. The van der Waals surface area contributed by atoms with Gasteiger partial charge in [0.2, 0.25) is 11.7 Å². The van der Waals surface area contributed by atoms with E-state index in [-0.39, 0.29) is 24.0 Å². The number of halogens is 1. The number of amides is 1. The number of benzene rings is 1. The fourth-order valence-corrected chi connectivity index (χ4v) is 3.38. The van der Waals surface area contributed by atoms with Crippen LogP contribution in [0.3, 0.4) is 0 Å². The van der Waals surface area contributed by atoms with Gasteiger partial charge in [0.15, 0.2) is 11.5 Å². The molecule has 1 saturated heterocycles. The molecule has 1 aromatic carbocycles. The van der Waals surface area contributed by atoms with Gasteiger partial charge in [0.05, 0.1) is 31.8 Å². The number of nitrogens with one attached hydrogen (secondary N) is 1. The number of rotatable bonds is 5. The van der Waals surface area contributed by atoms with E-state index in [9.17, 15) is 15.2 Å². The van der Waals surface area contributed by atoms with Crippen molar-refractivity contribution in [2.75, 3.05) is 21.3 Å². The van der Waals surface area contributed by atoms with Crippen molar-refractivity contribution in [3.63, 3.8) is 0 Å². The predicted molar refractivity (Wildman–Crippen MR) is 84.7 cm³/mol. The van der Waals surface area contributed by atoms with Crippen molar-refractivity contribution in [2.45, 2.75) is 24.9 Å². The Balaban J connectivity index is 2.58. The summed E-state index contributed by atoms with van der Waals surface area (Å²) in [5.41, 5.74) is 0.549. The molecule has 2 atom stereocenters. The van der Waals surface area contributed by atoms with Crippen LogP contribution >= 0.6 is 15.9 Å². The highest BCUT2D eigenvalue weighted by Gasteiger charge is 2.34. The van der Waals surface area contributed by atoms with Crippen molar-refractivity contribution in [2.24, 2.45) is 0 Å². The molecule has 0 spiro atoms. The highest BCUT2D eigenvalue weighted by Crippen LogP contribution is 2.47. The molecule has 128 valence electrons. The van der Waals surface area contributed by atoms with Crippen LogP contribution in [-0.2, 0) is 4.79 Å². The first kappa shape index (κ1) is 17.8. The Morgan fingerprint density at radius 1 is 1.30 bits per heavy atom. The van der Waals surface area contributed by atoms with Crippen LogP contribution in [-0.4, -0.2) is 43.7 Å². The third-order valence-electron chi connectivity index (χ3n) is 3.78. The van der Waals surface area contributed by atoms with Crippen LogP contribution in [0.5, 0.6) is 17.2 Å². The summed E-state index contributed by atoms with van der Waals surface area (Å²) >= 11 is 3.41. The molecule has 9 heteroatoms. The minimum atomic E-state index is -0.813. The lowest BCUT2D eigenvalue weighted by atomic mass is 9.92. The first-order valence-corrected chi connectivity index (χ1v) is 7.66. The summed E-state index contributed by atoms with van der Waals surface area (Å²) < 4.78 is 16.4. The van der Waals surface area contributed by atoms with Gasteiger partial charge in [0.1, 0.15) is 0 Å². The molecule has 8 nitrogen and oxygen atoms in total. The Hall–Kier alpha value is -1.55. The number of hydrogen-bond acceptors (Lipinski definition) is 7. The second-order valence-electron chi connectivity index (χ2n) is 5.00. The second-order valence-corrected chi connectivity index (χ2v) is 5.80. The molecule has 23 heavy (non-hydrogen) atoms. The standard InChI is InChI=1S/C14H18BrN2O6/c1-21-9-6-7(11(15)14(23-3)13(9)22-2)12-8(17(19)20)4-5-10(18)16-12/h6,8,12,19H,4-5H2,1-3H3,(H,16,18)/q-1/t8-,12+/m0/s1. The van der Waals surface area contributed by atoms with Crippen LogP contribution in [0.15, 0.2) is 10.5 Å². The highest BCUT2D eigenvalue weighted by atomic mass is 79.9. The Labute approximate surface area is 142 Å². The largest absolute Gasteiger partial charge is 0.762 e. The summed E-state index contributed by atoms with van der Waals surface area (Å²) in [5, 5.41) is 23.4. The van der Waals surface area contributed by atoms with E-state index in [1.165, 1.54) is 21.3 Å². The lowest BCUT2D eigenvalue weighted by Gasteiger charge is -2.40. The summed E-state index contributed by atoms with van der Waals surface area (Å²) in [6, 6.07) is 0.103. The SMILES string of the molecule is COc1cc([C@H]2NC(=O)CC[C@@H]2N([O-])O)c(Br)c(OC)c1OC. The molecule has 0 unspecified atom stereocenters. The average Bonchev–Trinajstić information content (AvgIpc) is 2.53. The molecular formula is C14H18BrN2O6-. The maximum absolute atomic E-state index is 11.7. The van der Waals surface area contributed by atoms with Crippen molar-refractivity contribution in [3.05, 3.63) is 21.3 Å². The minimum absolute atomic E-state index is 0.125. The fourth-order valence-electron chi connectivity index (χ4n) is 2.68. The predicted octanol–water partition coefficient (Wildman–Crippen LogP) is 1.98. The van der Waals surface area contributed by atoms with Crippen LogP contribution in [0, 0.1) is 5.21 Å². The van der Waals surface area contributed by atoms with Crippen molar-refractivity contribution in [3.8, 4) is 17.2 Å². The number of carbonyl (C=O) groups excluding carboxylic acids is 1. The number of piperidine rings is 1. The number of carbonyl (C=O) groups is 1. The van der Waals surface area contributed by atoms with Gasteiger partial charge < -0.3 is 29.9 Å². The van der Waals surface area contributed by atoms with Crippen molar-refractivity contribution in [1.82, 2.24) is 10.5 Å². The first-order chi connectivity index (χ1) is 10.9. The smallest absolute Gasteiger partial charge is 0.220 e. The van der Waals surface area contributed by atoms with E-state index in [2.05, 4.69) is 21.2 Å². The molecule has 2 rings (SSSR count). The summed E-state index contributed by atoms with van der Waals surface area (Å²) in [4.78, 5) is 11.7. The molecule has 1 aliphatic heterocycles. The molecule has 0 aromatic heterocycles. The van der Waals surface area contributed by atoms with Gasteiger partial charge in [-0.25, -0.2) is 0 Å². The quantitative estimate of drug-likeness (QED) is 0.741. The molecular weight excluding hydrogens is 372 g/mol. The lowest BCUT2D eigenvalue weighted by molar-refractivity contribution is -0.133. The van der Waals surface area contributed by atoms with Crippen molar-refractivity contribution in [1.29, 1.82) is 0 Å². The van der Waals surface area contributed by atoms with Gasteiger partial charge in [-0.05, 0) is 34.0 Å². The van der Waals surface area contributed by atoms with Gasteiger partial charge >= 0.3 is 0 Å². The lowest BCUT2D eigenvalue weighted by Crippen LogP contribution is -2.47. The van der Waals surface area contributed by atoms with Crippen LogP contribution in [0.2, 0.25) is 0 Å². The molecule has 2 N–H and O–H groups in total. The highest BCUT2D eigenvalue weighted by molar-refractivity contribution is 9.10. The number of methoxy groups -OCH3 is 3. The molecule has 0 radical (unpaired) electrons. The van der Waals surface area contributed by atoms with Crippen LogP contribution in [0.25, 0.3) is 0 Å². The first-order valence-electron chi connectivity index (χ1n) is 6.87. The number of nitrogens with zero attached hydrogens (tertiary/aromatic N) is 1. The van der Waals surface area contributed by atoms with E-state index in [4.69, 9.17) is 14.2 Å². The van der Waals surface area contributed by atoms with Crippen LogP contribution in [0.4, 0.5) is 0 Å². The zero-order valence-corrected chi connectivity index (χ0v) is 14.5. The van der Waals surface area contributed by atoms with Gasteiger partial charge in [0.25, 0.3) is 0 Å². The maximum Gasteiger partial charge on any atom is 0.220 e. The van der Waals surface area contributed by atoms with Crippen LogP contribution < -0.4 is 19.5 Å². The Bertz CT molecular complexity index is 595. The Morgan fingerprint density at radius 2 is 1.96 bits per heavy atom.